The van der Waals surface area contributed by atoms with Gasteiger partial charge >= 0.3 is 0 Å². The van der Waals surface area contributed by atoms with Crippen LogP contribution in [-0.4, -0.2) is 54.0 Å². The molecule has 23 heavy (non-hydrogen) atoms. The van der Waals surface area contributed by atoms with Gasteiger partial charge in [-0.3, -0.25) is 9.69 Å². The van der Waals surface area contributed by atoms with Crippen LogP contribution in [-0.2, 0) is 6.54 Å². The summed E-state index contributed by atoms with van der Waals surface area (Å²) >= 11 is 1.53. The molecule has 0 aromatic carbocycles. The predicted octanol–water partition coefficient (Wildman–Crippen LogP) is 2.42. The number of rotatable bonds is 4. The maximum Gasteiger partial charge on any atom is 0.264 e. The van der Waals surface area contributed by atoms with Crippen LogP contribution < -0.4 is 4.74 Å². The molecule has 0 N–H and O–H groups in total. The van der Waals surface area contributed by atoms with E-state index in [0.29, 0.717) is 5.88 Å². The molecule has 0 saturated carbocycles. The summed E-state index contributed by atoms with van der Waals surface area (Å²) in [7, 11) is 1.62. The fraction of sp³-hybridized carbons (Fsp3) is 0.412. The molecule has 0 spiro atoms. The third-order valence-electron chi connectivity index (χ3n) is 4.13. The molecule has 0 bridgehead atoms. The van der Waals surface area contributed by atoms with Crippen molar-refractivity contribution in [3.8, 4) is 5.88 Å². The van der Waals surface area contributed by atoms with E-state index in [2.05, 4.69) is 9.88 Å². The van der Waals surface area contributed by atoms with E-state index in [-0.39, 0.29) is 5.91 Å². The van der Waals surface area contributed by atoms with Crippen molar-refractivity contribution >= 4 is 17.2 Å². The lowest BCUT2D eigenvalue weighted by Crippen LogP contribution is -2.48. The number of hydrogen-bond donors (Lipinski definition) is 0. The van der Waals surface area contributed by atoms with E-state index in [1.165, 1.54) is 16.9 Å². The first-order valence-electron chi connectivity index (χ1n) is 7.72. The van der Waals surface area contributed by atoms with Crippen LogP contribution >= 0.6 is 11.3 Å². The molecule has 1 aliphatic rings. The molecule has 1 saturated heterocycles. The van der Waals surface area contributed by atoms with Crippen molar-refractivity contribution in [3.05, 3.63) is 45.8 Å². The van der Waals surface area contributed by atoms with Crippen LogP contribution in [0.3, 0.4) is 0 Å². The number of ether oxygens (including phenoxy) is 1. The van der Waals surface area contributed by atoms with Gasteiger partial charge < -0.3 is 9.64 Å². The maximum atomic E-state index is 12.5. The van der Waals surface area contributed by atoms with Crippen molar-refractivity contribution < 1.29 is 9.53 Å². The van der Waals surface area contributed by atoms with Crippen molar-refractivity contribution in [2.75, 3.05) is 33.3 Å². The summed E-state index contributed by atoms with van der Waals surface area (Å²) in [4.78, 5) is 21.9. The third kappa shape index (κ3) is 3.71. The van der Waals surface area contributed by atoms with Gasteiger partial charge in [0.2, 0.25) is 5.88 Å². The van der Waals surface area contributed by atoms with Crippen LogP contribution in [0.25, 0.3) is 0 Å². The SMILES string of the molecule is COc1ccc(CN2CCN(C(=O)c3sccc3C)CC2)cn1. The number of pyridine rings is 1. The fourth-order valence-electron chi connectivity index (χ4n) is 2.73. The molecule has 0 aliphatic carbocycles. The molecule has 1 amide bonds. The van der Waals surface area contributed by atoms with Crippen molar-refractivity contribution in [1.29, 1.82) is 0 Å². The summed E-state index contributed by atoms with van der Waals surface area (Å²) in [6.07, 6.45) is 1.85. The summed E-state index contributed by atoms with van der Waals surface area (Å²) in [5.74, 6) is 0.804. The molecule has 0 unspecified atom stereocenters. The molecular formula is C17H21N3O2S. The monoisotopic (exact) mass is 331 g/mol. The second kappa shape index (κ2) is 7.10. The van der Waals surface area contributed by atoms with Gasteiger partial charge in [0.05, 0.1) is 12.0 Å². The van der Waals surface area contributed by atoms with Crippen molar-refractivity contribution in [1.82, 2.24) is 14.8 Å². The highest BCUT2D eigenvalue weighted by Gasteiger charge is 2.23. The number of aromatic nitrogens is 1. The van der Waals surface area contributed by atoms with Crippen LogP contribution in [0.2, 0.25) is 0 Å². The summed E-state index contributed by atoms with van der Waals surface area (Å²) in [6.45, 7) is 6.19. The molecule has 3 heterocycles. The van der Waals surface area contributed by atoms with Gasteiger partial charge in [0.1, 0.15) is 0 Å². The molecule has 3 rings (SSSR count). The van der Waals surface area contributed by atoms with E-state index in [1.54, 1.807) is 7.11 Å². The number of hydrogen-bond acceptors (Lipinski definition) is 5. The zero-order valence-electron chi connectivity index (χ0n) is 13.5. The average molecular weight is 331 g/mol. The Kier molecular flexibility index (Phi) is 4.93. The van der Waals surface area contributed by atoms with Gasteiger partial charge in [-0.25, -0.2) is 4.98 Å². The van der Waals surface area contributed by atoms with Gasteiger partial charge in [-0.15, -0.1) is 11.3 Å². The molecule has 2 aromatic rings. The van der Waals surface area contributed by atoms with Crippen LogP contribution in [0.5, 0.6) is 5.88 Å². The highest BCUT2D eigenvalue weighted by molar-refractivity contribution is 7.12. The molecule has 1 fully saturated rings. The molecule has 0 atom stereocenters. The quantitative estimate of drug-likeness (QED) is 0.863. The Morgan fingerprint density at radius 2 is 2.04 bits per heavy atom. The Labute approximate surface area is 140 Å². The number of thiophene rings is 1. The van der Waals surface area contributed by atoms with E-state index in [4.69, 9.17) is 4.74 Å². The van der Waals surface area contributed by atoms with Crippen LogP contribution in [0.15, 0.2) is 29.8 Å². The Hall–Kier alpha value is -1.92. The molecule has 122 valence electrons. The minimum atomic E-state index is 0.170. The maximum absolute atomic E-state index is 12.5. The summed E-state index contributed by atoms with van der Waals surface area (Å²) < 4.78 is 5.08. The fourth-order valence-corrected chi connectivity index (χ4v) is 3.62. The predicted molar refractivity (Wildman–Crippen MR) is 91.0 cm³/mol. The van der Waals surface area contributed by atoms with Crippen LogP contribution in [0.4, 0.5) is 0 Å². The Morgan fingerprint density at radius 3 is 2.61 bits per heavy atom. The minimum Gasteiger partial charge on any atom is -0.481 e. The Morgan fingerprint density at radius 1 is 1.26 bits per heavy atom. The molecule has 5 nitrogen and oxygen atoms in total. The highest BCUT2D eigenvalue weighted by Crippen LogP contribution is 2.19. The first-order chi connectivity index (χ1) is 11.2. The summed E-state index contributed by atoms with van der Waals surface area (Å²) in [6, 6.07) is 5.93. The normalized spacial score (nSPS) is 15.7. The van der Waals surface area contributed by atoms with Crippen molar-refractivity contribution in [3.63, 3.8) is 0 Å². The first-order valence-corrected chi connectivity index (χ1v) is 8.60. The van der Waals surface area contributed by atoms with Crippen molar-refractivity contribution in [2.45, 2.75) is 13.5 Å². The van der Waals surface area contributed by atoms with E-state index in [1.807, 2.05) is 41.6 Å². The molecule has 1 aliphatic heterocycles. The van der Waals surface area contributed by atoms with Gasteiger partial charge in [0.25, 0.3) is 5.91 Å². The van der Waals surface area contributed by atoms with Gasteiger partial charge in [-0.2, -0.15) is 0 Å². The molecular weight excluding hydrogens is 310 g/mol. The molecule has 6 heteroatoms. The van der Waals surface area contributed by atoms with E-state index >= 15 is 0 Å². The second-order valence-corrected chi connectivity index (χ2v) is 6.63. The number of piperazine rings is 1. The van der Waals surface area contributed by atoms with Crippen molar-refractivity contribution in [2.24, 2.45) is 0 Å². The lowest BCUT2D eigenvalue weighted by Gasteiger charge is -2.34. The number of aryl methyl sites for hydroxylation is 1. The first kappa shape index (κ1) is 16.0. The second-order valence-electron chi connectivity index (χ2n) is 5.71. The van der Waals surface area contributed by atoms with E-state index in [9.17, 15) is 4.79 Å². The summed E-state index contributed by atoms with van der Waals surface area (Å²) in [5.41, 5.74) is 2.24. The summed E-state index contributed by atoms with van der Waals surface area (Å²) in [5, 5.41) is 1.98. The zero-order valence-corrected chi connectivity index (χ0v) is 14.3. The highest BCUT2D eigenvalue weighted by atomic mass is 32.1. The smallest absolute Gasteiger partial charge is 0.264 e. The standard InChI is InChI=1S/C17H21N3O2S/c1-13-5-10-23-16(13)17(21)20-8-6-19(7-9-20)12-14-3-4-15(22-2)18-11-14/h3-5,10-11H,6-9,12H2,1-2H3. The number of carbonyl (C=O) groups excluding carboxylic acids is 1. The van der Waals surface area contributed by atoms with E-state index < -0.39 is 0 Å². The lowest BCUT2D eigenvalue weighted by atomic mass is 10.2. The molecule has 2 aromatic heterocycles. The largest absolute Gasteiger partial charge is 0.481 e. The Balaban J connectivity index is 1.54. The van der Waals surface area contributed by atoms with E-state index in [0.717, 1.165) is 43.2 Å². The third-order valence-corrected chi connectivity index (χ3v) is 5.13. The van der Waals surface area contributed by atoms with Gasteiger partial charge in [0, 0.05) is 45.0 Å². The van der Waals surface area contributed by atoms with Gasteiger partial charge in [-0.05, 0) is 29.5 Å². The average Bonchev–Trinajstić information content (AvgIpc) is 3.02. The number of carbonyl (C=O) groups is 1. The Bertz CT molecular complexity index is 661. The number of nitrogens with zero attached hydrogens (tertiary/aromatic N) is 3. The van der Waals surface area contributed by atoms with Gasteiger partial charge in [-0.1, -0.05) is 6.07 Å². The number of methoxy groups -OCH3 is 1. The molecule has 0 radical (unpaired) electrons. The lowest BCUT2D eigenvalue weighted by molar-refractivity contribution is 0.0632. The van der Waals surface area contributed by atoms with Gasteiger partial charge in [0.15, 0.2) is 0 Å². The van der Waals surface area contributed by atoms with Crippen LogP contribution in [0.1, 0.15) is 20.8 Å². The number of amides is 1. The topological polar surface area (TPSA) is 45.7 Å². The zero-order chi connectivity index (χ0) is 16.2. The van der Waals surface area contributed by atoms with Crippen LogP contribution in [0, 0.1) is 6.92 Å². The minimum absolute atomic E-state index is 0.170.